The van der Waals surface area contributed by atoms with Crippen LogP contribution in [0.2, 0.25) is 5.02 Å². The largest absolute Gasteiger partial charge is 0.496 e. The molecule has 1 atom stereocenters. The number of fused-ring (bicyclic) bond motifs is 1. The molecule has 1 aromatic carbocycles. The van der Waals surface area contributed by atoms with Crippen LogP contribution in [0.1, 0.15) is 35.2 Å². The monoisotopic (exact) mass is 348 g/mol. The highest BCUT2D eigenvalue weighted by Gasteiger charge is 2.30. The molecule has 1 aromatic heterocycles. The second kappa shape index (κ2) is 6.16. The third-order valence-corrected chi connectivity index (χ3v) is 4.20. The summed E-state index contributed by atoms with van der Waals surface area (Å²) in [5.41, 5.74) is 1.13. The van der Waals surface area contributed by atoms with Crippen LogP contribution in [-0.4, -0.2) is 28.7 Å². The van der Waals surface area contributed by atoms with E-state index in [1.165, 1.54) is 13.2 Å². The van der Waals surface area contributed by atoms with Gasteiger partial charge >= 0.3 is 0 Å². The molecule has 1 unspecified atom stereocenters. The van der Waals surface area contributed by atoms with Gasteiger partial charge < -0.3 is 15.4 Å². The van der Waals surface area contributed by atoms with Crippen molar-refractivity contribution in [2.75, 3.05) is 17.7 Å². The second-order valence-electron chi connectivity index (χ2n) is 5.69. The summed E-state index contributed by atoms with van der Waals surface area (Å²) in [5.74, 6) is 0.966. The van der Waals surface area contributed by atoms with E-state index >= 15 is 0 Å². The summed E-state index contributed by atoms with van der Waals surface area (Å²) >= 11 is 5.98. The predicted octanol–water partition coefficient (Wildman–Crippen LogP) is 2.78. The highest BCUT2D eigenvalue weighted by Crippen LogP contribution is 2.37. The van der Waals surface area contributed by atoms with E-state index in [0.717, 1.165) is 5.56 Å². The van der Waals surface area contributed by atoms with Crippen LogP contribution in [0.3, 0.4) is 0 Å². The molecule has 0 aliphatic carbocycles. The van der Waals surface area contributed by atoms with Gasteiger partial charge in [-0.1, -0.05) is 18.5 Å². The minimum absolute atomic E-state index is 0.0426. The highest BCUT2D eigenvalue weighted by molar-refractivity contribution is 6.31. The molecule has 2 amide bonds. The van der Waals surface area contributed by atoms with Gasteiger partial charge in [0.25, 0.3) is 5.91 Å². The number of anilines is 2. The van der Waals surface area contributed by atoms with Crippen LogP contribution >= 0.6 is 11.6 Å². The maximum Gasteiger partial charge on any atom is 0.260 e. The number of nitrogens with one attached hydrogen (secondary N) is 2. The molecule has 0 radical (unpaired) electrons. The van der Waals surface area contributed by atoms with Gasteiger partial charge in [0.15, 0.2) is 5.82 Å². The van der Waals surface area contributed by atoms with Crippen LogP contribution < -0.4 is 15.4 Å². The summed E-state index contributed by atoms with van der Waals surface area (Å²) in [6.07, 6.45) is 0.349. The Morgan fingerprint density at radius 1 is 1.50 bits per heavy atom. The first-order chi connectivity index (χ1) is 11.4. The zero-order valence-electron chi connectivity index (χ0n) is 13.5. The van der Waals surface area contributed by atoms with Crippen molar-refractivity contribution in [3.05, 3.63) is 34.3 Å². The first kappa shape index (κ1) is 16.3. The van der Waals surface area contributed by atoms with Gasteiger partial charge in [-0.05, 0) is 24.1 Å². The lowest BCUT2D eigenvalue weighted by atomic mass is 9.95. The van der Waals surface area contributed by atoms with Gasteiger partial charge in [0.05, 0.1) is 12.7 Å². The summed E-state index contributed by atoms with van der Waals surface area (Å²) in [5, 5.41) is 10.3. The second-order valence-corrected chi connectivity index (χ2v) is 6.12. The van der Waals surface area contributed by atoms with E-state index in [0.29, 0.717) is 34.4 Å². The summed E-state index contributed by atoms with van der Waals surface area (Å²) in [6.45, 7) is 1.93. The molecule has 7 nitrogen and oxygen atoms in total. The molecule has 1 aliphatic rings. The number of ether oxygens (including phenoxy) is 1. The Morgan fingerprint density at radius 3 is 2.96 bits per heavy atom. The normalized spacial score (nSPS) is 16.3. The van der Waals surface area contributed by atoms with Crippen LogP contribution in [0.5, 0.6) is 5.75 Å². The van der Waals surface area contributed by atoms with Gasteiger partial charge in [0.2, 0.25) is 5.91 Å². The quantitative estimate of drug-likeness (QED) is 0.893. The van der Waals surface area contributed by atoms with Gasteiger partial charge in [-0.15, -0.1) is 0 Å². The fraction of sp³-hybridized carbons (Fsp3) is 0.312. The highest BCUT2D eigenvalue weighted by atomic mass is 35.5. The Bertz CT molecular complexity index is 831. The first-order valence-electron chi connectivity index (χ1n) is 7.42. The number of carbonyl (C=O) groups is 2. The molecule has 2 aromatic rings. The van der Waals surface area contributed by atoms with E-state index in [4.69, 9.17) is 16.3 Å². The number of methoxy groups -OCH3 is 1. The maximum absolute atomic E-state index is 12.6. The smallest absolute Gasteiger partial charge is 0.260 e. The average molecular weight is 349 g/mol. The molecule has 0 spiro atoms. The number of halogens is 1. The molecule has 0 saturated carbocycles. The standard InChI is InChI=1S/C16H17ClN4O3/c1-8-6-12(22)18-15-13(8)14(20-21(15)2)19-16(23)10-7-9(17)4-5-11(10)24-3/h4-5,7-8H,6H2,1-3H3,(H,18,22)(H,19,20,23). The number of aryl methyl sites for hydroxylation is 1. The molecule has 2 N–H and O–H groups in total. The molecular weight excluding hydrogens is 332 g/mol. The minimum atomic E-state index is -0.376. The Labute approximate surface area is 143 Å². The third kappa shape index (κ3) is 2.82. The minimum Gasteiger partial charge on any atom is -0.496 e. The summed E-state index contributed by atoms with van der Waals surface area (Å²) in [4.78, 5) is 24.3. The van der Waals surface area contributed by atoms with Gasteiger partial charge in [-0.3, -0.25) is 14.3 Å². The SMILES string of the molecule is COc1ccc(Cl)cc1C(=O)Nc1nn(C)c2c1C(C)CC(=O)N2. The first-order valence-corrected chi connectivity index (χ1v) is 7.80. The fourth-order valence-corrected chi connectivity index (χ4v) is 3.02. The van der Waals surface area contributed by atoms with Gasteiger partial charge in [-0.25, -0.2) is 0 Å². The number of benzene rings is 1. The fourth-order valence-electron chi connectivity index (χ4n) is 2.84. The molecule has 126 valence electrons. The van der Waals surface area contributed by atoms with Gasteiger partial charge in [0.1, 0.15) is 11.6 Å². The molecule has 1 aliphatic heterocycles. The topological polar surface area (TPSA) is 85.2 Å². The lowest BCUT2D eigenvalue weighted by Crippen LogP contribution is -2.23. The van der Waals surface area contributed by atoms with Crippen LogP contribution in [0.25, 0.3) is 0 Å². The van der Waals surface area contributed by atoms with Crippen LogP contribution in [-0.2, 0) is 11.8 Å². The lowest BCUT2D eigenvalue weighted by Gasteiger charge is -2.20. The average Bonchev–Trinajstić information content (AvgIpc) is 2.83. The van der Waals surface area contributed by atoms with E-state index in [-0.39, 0.29) is 17.7 Å². The maximum atomic E-state index is 12.6. The molecule has 0 fully saturated rings. The van der Waals surface area contributed by atoms with E-state index in [1.54, 1.807) is 23.9 Å². The van der Waals surface area contributed by atoms with Crippen molar-refractivity contribution in [2.24, 2.45) is 7.05 Å². The Balaban J connectivity index is 1.95. The van der Waals surface area contributed by atoms with E-state index < -0.39 is 0 Å². The summed E-state index contributed by atoms with van der Waals surface area (Å²) < 4.78 is 6.76. The van der Waals surface area contributed by atoms with Crippen molar-refractivity contribution in [2.45, 2.75) is 19.3 Å². The molecule has 2 heterocycles. The van der Waals surface area contributed by atoms with Crippen LogP contribution in [0.15, 0.2) is 18.2 Å². The number of rotatable bonds is 3. The van der Waals surface area contributed by atoms with Crippen molar-refractivity contribution >= 4 is 35.1 Å². The molecule has 24 heavy (non-hydrogen) atoms. The van der Waals surface area contributed by atoms with Crippen molar-refractivity contribution in [3.63, 3.8) is 0 Å². The number of nitrogens with zero attached hydrogens (tertiary/aromatic N) is 2. The summed E-state index contributed by atoms with van der Waals surface area (Å²) in [6, 6.07) is 4.82. The van der Waals surface area contributed by atoms with Crippen molar-refractivity contribution in [1.82, 2.24) is 9.78 Å². The zero-order chi connectivity index (χ0) is 17.4. The van der Waals surface area contributed by atoms with E-state index in [2.05, 4.69) is 15.7 Å². The van der Waals surface area contributed by atoms with Crippen molar-refractivity contribution < 1.29 is 14.3 Å². The molecule has 3 rings (SSSR count). The number of aromatic nitrogens is 2. The number of hydrogen-bond donors (Lipinski definition) is 2. The van der Waals surface area contributed by atoms with Crippen LogP contribution in [0, 0.1) is 0 Å². The number of carbonyl (C=O) groups excluding carboxylic acids is 2. The number of hydrogen-bond acceptors (Lipinski definition) is 4. The Hall–Kier alpha value is -2.54. The van der Waals surface area contributed by atoms with Crippen LogP contribution in [0.4, 0.5) is 11.6 Å². The number of amides is 2. The van der Waals surface area contributed by atoms with E-state index in [9.17, 15) is 9.59 Å². The van der Waals surface area contributed by atoms with E-state index in [1.807, 2.05) is 6.92 Å². The third-order valence-electron chi connectivity index (χ3n) is 3.96. The zero-order valence-corrected chi connectivity index (χ0v) is 14.3. The van der Waals surface area contributed by atoms with Crippen molar-refractivity contribution in [3.8, 4) is 5.75 Å². The molecule has 0 bridgehead atoms. The predicted molar refractivity (Wildman–Crippen MR) is 90.8 cm³/mol. The molecule has 8 heteroatoms. The molecule has 0 saturated heterocycles. The lowest BCUT2D eigenvalue weighted by molar-refractivity contribution is -0.116. The van der Waals surface area contributed by atoms with Gasteiger partial charge in [0, 0.05) is 24.1 Å². The van der Waals surface area contributed by atoms with Crippen molar-refractivity contribution in [1.29, 1.82) is 0 Å². The Kier molecular flexibility index (Phi) is 4.19. The summed E-state index contributed by atoms with van der Waals surface area (Å²) in [7, 11) is 3.20. The van der Waals surface area contributed by atoms with Gasteiger partial charge in [-0.2, -0.15) is 5.10 Å². The Morgan fingerprint density at radius 2 is 2.25 bits per heavy atom. The molecular formula is C16H17ClN4O3.